The Labute approximate surface area is 190 Å². The topological polar surface area (TPSA) is 92.0 Å². The number of aryl methyl sites for hydroxylation is 1. The second-order valence-corrected chi connectivity index (χ2v) is 9.36. The molecule has 2 aliphatic rings. The van der Waals surface area contributed by atoms with Gasteiger partial charge in [0.15, 0.2) is 5.82 Å². The standard InChI is InChI=1S/C23H27F2N7O/c1-15-2-3-20(21(25)4-15)23(33,12-32-14-26-13-29-32)11-31-9-16-5-19(6-17(16)10-31)30-22-27-7-18(24)8-28-22/h2-4,7-8,13-14,16-17,19,33H,5-6,9-12H2,1H3,(H,27,28,30). The minimum Gasteiger partial charge on any atom is -0.382 e. The van der Waals surface area contributed by atoms with E-state index in [0.29, 0.717) is 24.3 Å². The van der Waals surface area contributed by atoms with Crippen LogP contribution in [-0.4, -0.2) is 60.4 Å². The highest BCUT2D eigenvalue weighted by molar-refractivity contribution is 5.29. The summed E-state index contributed by atoms with van der Waals surface area (Å²) in [7, 11) is 0. The molecule has 3 atom stereocenters. The Morgan fingerprint density at radius 1 is 1.12 bits per heavy atom. The number of aromatic nitrogens is 5. The quantitative estimate of drug-likeness (QED) is 0.565. The predicted octanol–water partition coefficient (Wildman–Crippen LogP) is 2.37. The van der Waals surface area contributed by atoms with Crippen LogP contribution in [0.1, 0.15) is 24.0 Å². The van der Waals surface area contributed by atoms with Crippen molar-refractivity contribution in [3.63, 3.8) is 0 Å². The number of benzene rings is 1. The molecule has 1 aromatic carbocycles. The number of rotatable bonds is 7. The fourth-order valence-corrected chi connectivity index (χ4v) is 5.38. The van der Waals surface area contributed by atoms with Crippen molar-refractivity contribution in [2.75, 3.05) is 25.0 Å². The lowest BCUT2D eigenvalue weighted by Crippen LogP contribution is -2.44. The summed E-state index contributed by atoms with van der Waals surface area (Å²) in [6.45, 7) is 3.89. The van der Waals surface area contributed by atoms with E-state index in [0.717, 1.165) is 43.9 Å². The Kier molecular flexibility index (Phi) is 5.79. The van der Waals surface area contributed by atoms with Crippen LogP contribution in [0.2, 0.25) is 0 Å². The van der Waals surface area contributed by atoms with Crippen LogP contribution in [0.3, 0.4) is 0 Å². The summed E-state index contributed by atoms with van der Waals surface area (Å²) in [5.41, 5.74) is -0.364. The lowest BCUT2D eigenvalue weighted by molar-refractivity contribution is -0.0180. The first kappa shape index (κ1) is 21.8. The molecule has 1 saturated carbocycles. The molecule has 3 unspecified atom stereocenters. The van der Waals surface area contributed by atoms with Gasteiger partial charge >= 0.3 is 0 Å². The average Bonchev–Trinajstić information content (AvgIpc) is 3.46. The summed E-state index contributed by atoms with van der Waals surface area (Å²) < 4.78 is 29.5. The highest BCUT2D eigenvalue weighted by Gasteiger charge is 2.44. The number of β-amino-alcohol motifs (C(OH)–C–C–N with tert-alkyl or cyclic N) is 1. The molecular formula is C23H27F2N7O. The smallest absolute Gasteiger partial charge is 0.222 e. The molecular weight excluding hydrogens is 428 g/mol. The molecule has 0 radical (unpaired) electrons. The Balaban J connectivity index is 1.27. The van der Waals surface area contributed by atoms with Gasteiger partial charge in [0, 0.05) is 31.2 Å². The molecule has 174 valence electrons. The third kappa shape index (κ3) is 4.72. The van der Waals surface area contributed by atoms with Crippen molar-refractivity contribution >= 4 is 5.95 Å². The van der Waals surface area contributed by atoms with Crippen LogP contribution in [0.25, 0.3) is 0 Å². The number of fused-ring (bicyclic) bond motifs is 1. The number of hydrogen-bond acceptors (Lipinski definition) is 7. The maximum Gasteiger partial charge on any atom is 0.222 e. The monoisotopic (exact) mass is 455 g/mol. The predicted molar refractivity (Wildman–Crippen MR) is 117 cm³/mol. The molecule has 2 N–H and O–H groups in total. The molecule has 33 heavy (non-hydrogen) atoms. The van der Waals surface area contributed by atoms with Crippen LogP contribution in [0.15, 0.2) is 43.2 Å². The van der Waals surface area contributed by atoms with Crippen molar-refractivity contribution < 1.29 is 13.9 Å². The van der Waals surface area contributed by atoms with Gasteiger partial charge in [0.2, 0.25) is 5.95 Å². The molecule has 1 saturated heterocycles. The third-order valence-electron chi connectivity index (χ3n) is 6.78. The third-order valence-corrected chi connectivity index (χ3v) is 6.78. The largest absolute Gasteiger partial charge is 0.382 e. The zero-order valence-electron chi connectivity index (χ0n) is 18.4. The van der Waals surface area contributed by atoms with Crippen molar-refractivity contribution in [2.24, 2.45) is 11.8 Å². The maximum atomic E-state index is 14.9. The Hall–Kier alpha value is -2.98. The van der Waals surface area contributed by atoms with Crippen molar-refractivity contribution in [1.29, 1.82) is 0 Å². The summed E-state index contributed by atoms with van der Waals surface area (Å²) in [4.78, 5) is 14.2. The van der Waals surface area contributed by atoms with E-state index in [1.807, 2.05) is 13.0 Å². The first-order chi connectivity index (χ1) is 15.9. The first-order valence-electron chi connectivity index (χ1n) is 11.2. The molecule has 0 bridgehead atoms. The summed E-state index contributed by atoms with van der Waals surface area (Å²) in [5, 5.41) is 19.1. The molecule has 2 aromatic heterocycles. The lowest BCUT2D eigenvalue weighted by Gasteiger charge is -2.33. The first-order valence-corrected chi connectivity index (χ1v) is 11.2. The van der Waals surface area contributed by atoms with E-state index >= 15 is 0 Å². The second kappa shape index (κ2) is 8.75. The van der Waals surface area contributed by atoms with Crippen molar-refractivity contribution in [3.8, 4) is 0 Å². The normalized spacial score (nSPS) is 24.5. The van der Waals surface area contributed by atoms with Crippen LogP contribution in [0, 0.1) is 30.4 Å². The molecule has 1 aliphatic heterocycles. The summed E-state index contributed by atoms with van der Waals surface area (Å²) in [6, 6.07) is 5.17. The van der Waals surface area contributed by atoms with E-state index in [1.54, 1.807) is 10.7 Å². The van der Waals surface area contributed by atoms with E-state index in [1.165, 1.54) is 18.7 Å². The van der Waals surface area contributed by atoms with Gasteiger partial charge in [0.1, 0.15) is 24.1 Å². The van der Waals surface area contributed by atoms with E-state index in [-0.39, 0.29) is 18.2 Å². The second-order valence-electron chi connectivity index (χ2n) is 9.36. The van der Waals surface area contributed by atoms with Crippen molar-refractivity contribution in [2.45, 2.75) is 38.0 Å². The molecule has 0 spiro atoms. The van der Waals surface area contributed by atoms with Crippen LogP contribution < -0.4 is 5.32 Å². The van der Waals surface area contributed by atoms with Crippen LogP contribution in [0.4, 0.5) is 14.7 Å². The summed E-state index contributed by atoms with van der Waals surface area (Å²) >= 11 is 0. The van der Waals surface area contributed by atoms with Gasteiger partial charge in [-0.3, -0.25) is 4.90 Å². The van der Waals surface area contributed by atoms with Crippen molar-refractivity contribution in [1.82, 2.24) is 29.6 Å². The van der Waals surface area contributed by atoms with Crippen LogP contribution >= 0.6 is 0 Å². The number of halogens is 2. The summed E-state index contributed by atoms with van der Waals surface area (Å²) in [5.74, 6) is 0.488. The minimum atomic E-state index is -1.44. The van der Waals surface area contributed by atoms with Gasteiger partial charge in [-0.1, -0.05) is 12.1 Å². The molecule has 2 fully saturated rings. The fourth-order valence-electron chi connectivity index (χ4n) is 5.38. The van der Waals surface area contributed by atoms with Gasteiger partial charge in [-0.2, -0.15) is 5.10 Å². The summed E-state index contributed by atoms with van der Waals surface area (Å²) in [6.07, 6.45) is 7.15. The number of nitrogens with zero attached hydrogens (tertiary/aromatic N) is 6. The van der Waals surface area contributed by atoms with E-state index in [9.17, 15) is 13.9 Å². The number of aliphatic hydroxyl groups is 1. The number of hydrogen-bond donors (Lipinski definition) is 2. The number of anilines is 1. The van der Waals surface area contributed by atoms with E-state index < -0.39 is 17.2 Å². The number of likely N-dealkylation sites (tertiary alicyclic amines) is 1. The lowest BCUT2D eigenvalue weighted by atomic mass is 9.91. The van der Waals surface area contributed by atoms with Gasteiger partial charge in [0.25, 0.3) is 0 Å². The highest BCUT2D eigenvalue weighted by Crippen LogP contribution is 2.40. The fraction of sp³-hybridized carbons (Fsp3) is 0.478. The molecule has 8 nitrogen and oxygen atoms in total. The molecule has 0 amide bonds. The molecule has 3 heterocycles. The van der Waals surface area contributed by atoms with E-state index in [4.69, 9.17) is 0 Å². The van der Waals surface area contributed by atoms with Crippen LogP contribution in [-0.2, 0) is 12.1 Å². The van der Waals surface area contributed by atoms with Gasteiger partial charge in [-0.15, -0.1) is 0 Å². The van der Waals surface area contributed by atoms with Gasteiger partial charge < -0.3 is 10.4 Å². The molecule has 5 rings (SSSR count). The van der Waals surface area contributed by atoms with Crippen LogP contribution in [0.5, 0.6) is 0 Å². The Morgan fingerprint density at radius 3 is 2.48 bits per heavy atom. The Morgan fingerprint density at radius 2 is 1.85 bits per heavy atom. The van der Waals surface area contributed by atoms with Gasteiger partial charge in [-0.05, 0) is 43.2 Å². The van der Waals surface area contributed by atoms with E-state index in [2.05, 4.69) is 30.3 Å². The van der Waals surface area contributed by atoms with Gasteiger partial charge in [0.05, 0.1) is 18.9 Å². The average molecular weight is 456 g/mol. The highest BCUT2D eigenvalue weighted by atomic mass is 19.1. The molecule has 1 aliphatic carbocycles. The molecule has 10 heteroatoms. The zero-order chi connectivity index (χ0) is 23.0. The molecule has 3 aromatic rings. The van der Waals surface area contributed by atoms with Crippen molar-refractivity contribution in [3.05, 3.63) is 66.0 Å². The Bertz CT molecular complexity index is 1080. The van der Waals surface area contributed by atoms with Gasteiger partial charge in [-0.25, -0.2) is 28.4 Å². The number of nitrogens with one attached hydrogen (secondary N) is 1. The zero-order valence-corrected chi connectivity index (χ0v) is 18.4. The SMILES string of the molecule is Cc1ccc(C(O)(CN2CC3CC(Nc4ncc(F)cn4)CC3C2)Cn2cncn2)c(F)c1. The minimum absolute atomic E-state index is 0.116. The maximum absolute atomic E-state index is 14.9.